The summed E-state index contributed by atoms with van der Waals surface area (Å²) in [4.78, 5) is 35.3. The zero-order valence-electron chi connectivity index (χ0n) is 13.6. The van der Waals surface area contributed by atoms with Crippen molar-refractivity contribution in [1.29, 1.82) is 0 Å². The quantitative estimate of drug-likeness (QED) is 0.836. The summed E-state index contributed by atoms with van der Waals surface area (Å²) in [5.74, 6) is -0.152. The second-order valence-electron chi connectivity index (χ2n) is 5.71. The van der Waals surface area contributed by atoms with Crippen LogP contribution in [0.15, 0.2) is 42.7 Å². The van der Waals surface area contributed by atoms with Crippen LogP contribution in [0.1, 0.15) is 5.56 Å². The molecule has 0 saturated carbocycles. The lowest BCUT2D eigenvalue weighted by Gasteiger charge is -2.38. The molecule has 25 heavy (non-hydrogen) atoms. The van der Waals surface area contributed by atoms with Crippen molar-refractivity contribution in [3.63, 3.8) is 0 Å². The molecule has 0 unspecified atom stereocenters. The number of aromatic nitrogens is 2. The van der Waals surface area contributed by atoms with Gasteiger partial charge in [0.25, 0.3) is 0 Å². The van der Waals surface area contributed by atoms with Crippen LogP contribution in [0.25, 0.3) is 0 Å². The van der Waals surface area contributed by atoms with Crippen LogP contribution in [0.4, 0.5) is 10.6 Å². The Hall–Kier alpha value is -2.67. The minimum absolute atomic E-state index is 0.158. The van der Waals surface area contributed by atoms with Crippen molar-refractivity contribution in [2.45, 2.75) is 6.61 Å². The molecule has 2 amide bonds. The lowest BCUT2D eigenvalue weighted by molar-refractivity contribution is -0.126. The molecule has 3 rings (SSSR count). The number of rotatable bonds is 4. The van der Waals surface area contributed by atoms with E-state index in [0.717, 1.165) is 5.56 Å². The molecule has 0 N–H and O–H groups in total. The number of nitrogens with zero attached hydrogens (tertiary/aromatic N) is 4. The number of hydrogen-bond acceptors (Lipinski definition) is 5. The first-order valence-electron chi connectivity index (χ1n) is 7.76. The smallest absolute Gasteiger partial charge is 0.410 e. The van der Waals surface area contributed by atoms with Gasteiger partial charge in [0.1, 0.15) is 6.61 Å². The Morgan fingerprint density at radius 3 is 2.60 bits per heavy atom. The predicted octanol–water partition coefficient (Wildman–Crippen LogP) is 2.36. The summed E-state index contributed by atoms with van der Waals surface area (Å²) >= 11 is 5.96. The second kappa shape index (κ2) is 7.48. The molecule has 1 aromatic heterocycles. The van der Waals surface area contributed by atoms with Crippen LogP contribution in [0.2, 0.25) is 5.15 Å². The number of ether oxygens (including phenoxy) is 1. The van der Waals surface area contributed by atoms with Crippen molar-refractivity contribution in [3.05, 3.63) is 53.4 Å². The van der Waals surface area contributed by atoms with Crippen LogP contribution in [0, 0.1) is 5.92 Å². The van der Waals surface area contributed by atoms with Gasteiger partial charge < -0.3 is 9.64 Å². The van der Waals surface area contributed by atoms with Gasteiger partial charge in [0.2, 0.25) is 5.91 Å². The SMILES string of the molecule is CN(C(=O)C1CN(C(=O)OCc2ccccc2)C1)c1nccnc1Cl. The van der Waals surface area contributed by atoms with Crippen molar-refractivity contribution < 1.29 is 14.3 Å². The highest BCUT2D eigenvalue weighted by Gasteiger charge is 2.38. The number of carbonyl (C=O) groups is 2. The lowest BCUT2D eigenvalue weighted by atomic mass is 9.99. The molecule has 2 aromatic rings. The summed E-state index contributed by atoms with van der Waals surface area (Å²) in [5, 5.41) is 0.164. The Balaban J connectivity index is 1.49. The van der Waals surface area contributed by atoms with Gasteiger partial charge in [-0.25, -0.2) is 14.8 Å². The number of likely N-dealkylation sites (tertiary alicyclic amines) is 1. The van der Waals surface area contributed by atoms with E-state index in [-0.39, 0.29) is 23.6 Å². The van der Waals surface area contributed by atoms with Gasteiger partial charge in [0.15, 0.2) is 11.0 Å². The maximum atomic E-state index is 12.4. The topological polar surface area (TPSA) is 75.6 Å². The second-order valence-corrected chi connectivity index (χ2v) is 6.07. The van der Waals surface area contributed by atoms with E-state index in [1.807, 2.05) is 30.3 Å². The Kier molecular flexibility index (Phi) is 5.14. The number of halogens is 1. The van der Waals surface area contributed by atoms with Gasteiger partial charge >= 0.3 is 6.09 Å². The van der Waals surface area contributed by atoms with Crippen LogP contribution in [0.3, 0.4) is 0 Å². The molecule has 1 fully saturated rings. The molecule has 0 atom stereocenters. The fourth-order valence-electron chi connectivity index (χ4n) is 2.51. The molecule has 0 aliphatic carbocycles. The highest BCUT2D eigenvalue weighted by molar-refractivity contribution is 6.32. The van der Waals surface area contributed by atoms with Crippen LogP contribution in [0.5, 0.6) is 0 Å². The lowest BCUT2D eigenvalue weighted by Crippen LogP contribution is -2.56. The highest BCUT2D eigenvalue weighted by Crippen LogP contribution is 2.24. The molecule has 1 saturated heterocycles. The van der Waals surface area contributed by atoms with Gasteiger partial charge in [0.05, 0.1) is 5.92 Å². The first-order chi connectivity index (χ1) is 12.1. The summed E-state index contributed by atoms with van der Waals surface area (Å²) in [7, 11) is 1.59. The summed E-state index contributed by atoms with van der Waals surface area (Å²) in [6.07, 6.45) is 2.50. The maximum absolute atomic E-state index is 12.4. The molecular weight excluding hydrogens is 344 g/mol. The van der Waals surface area contributed by atoms with E-state index in [2.05, 4.69) is 9.97 Å². The molecule has 1 aliphatic heterocycles. The van der Waals surface area contributed by atoms with Crippen molar-refractivity contribution in [3.8, 4) is 0 Å². The number of carbonyl (C=O) groups excluding carboxylic acids is 2. The van der Waals surface area contributed by atoms with Crippen molar-refractivity contribution in [2.24, 2.45) is 5.92 Å². The summed E-state index contributed by atoms with van der Waals surface area (Å²) < 4.78 is 5.24. The van der Waals surface area contributed by atoms with Crippen molar-refractivity contribution in [1.82, 2.24) is 14.9 Å². The minimum Gasteiger partial charge on any atom is -0.445 e. The van der Waals surface area contributed by atoms with Gasteiger partial charge in [-0.2, -0.15) is 0 Å². The summed E-state index contributed by atoms with van der Waals surface area (Å²) in [5.41, 5.74) is 0.918. The van der Waals surface area contributed by atoms with E-state index in [1.165, 1.54) is 22.2 Å². The van der Waals surface area contributed by atoms with Crippen LogP contribution in [-0.2, 0) is 16.1 Å². The van der Waals surface area contributed by atoms with Gasteiger partial charge in [-0.3, -0.25) is 9.69 Å². The monoisotopic (exact) mass is 360 g/mol. The molecule has 1 aromatic carbocycles. The largest absolute Gasteiger partial charge is 0.445 e. The zero-order valence-corrected chi connectivity index (χ0v) is 14.4. The van der Waals surface area contributed by atoms with E-state index < -0.39 is 6.09 Å². The Bertz CT molecular complexity index is 765. The molecule has 8 heteroatoms. The van der Waals surface area contributed by atoms with E-state index in [0.29, 0.717) is 18.9 Å². The molecule has 2 heterocycles. The van der Waals surface area contributed by atoms with E-state index >= 15 is 0 Å². The van der Waals surface area contributed by atoms with E-state index in [9.17, 15) is 9.59 Å². The molecule has 1 aliphatic rings. The third kappa shape index (κ3) is 3.88. The highest BCUT2D eigenvalue weighted by atomic mass is 35.5. The summed E-state index contributed by atoms with van der Waals surface area (Å²) in [6.45, 7) is 0.841. The molecule has 130 valence electrons. The van der Waals surface area contributed by atoms with E-state index in [1.54, 1.807) is 7.05 Å². The Labute approximate surface area is 150 Å². The average molecular weight is 361 g/mol. The Morgan fingerprint density at radius 2 is 1.92 bits per heavy atom. The molecule has 7 nitrogen and oxygen atoms in total. The molecule has 0 spiro atoms. The number of hydrogen-bond donors (Lipinski definition) is 0. The molecular formula is C17H17ClN4O3. The number of anilines is 1. The number of benzene rings is 1. The minimum atomic E-state index is -0.423. The first-order valence-corrected chi connectivity index (χ1v) is 8.13. The van der Waals surface area contributed by atoms with Crippen LogP contribution < -0.4 is 4.90 Å². The third-order valence-corrected chi connectivity index (χ3v) is 4.24. The zero-order chi connectivity index (χ0) is 17.8. The van der Waals surface area contributed by atoms with Gasteiger partial charge in [-0.05, 0) is 5.56 Å². The van der Waals surface area contributed by atoms with Crippen LogP contribution >= 0.6 is 11.6 Å². The van der Waals surface area contributed by atoms with Crippen molar-refractivity contribution in [2.75, 3.05) is 25.0 Å². The molecule has 0 bridgehead atoms. The average Bonchev–Trinajstić information content (AvgIpc) is 2.59. The number of amides is 2. The summed E-state index contributed by atoms with van der Waals surface area (Å²) in [6, 6.07) is 9.44. The maximum Gasteiger partial charge on any atom is 0.410 e. The Morgan fingerprint density at radius 1 is 1.24 bits per heavy atom. The van der Waals surface area contributed by atoms with Gasteiger partial charge in [0, 0.05) is 32.5 Å². The first kappa shape index (κ1) is 17.2. The third-order valence-electron chi connectivity index (χ3n) is 3.98. The fourth-order valence-corrected chi connectivity index (χ4v) is 2.74. The van der Waals surface area contributed by atoms with Crippen LogP contribution in [-0.4, -0.2) is 47.0 Å². The van der Waals surface area contributed by atoms with Gasteiger partial charge in [-0.15, -0.1) is 0 Å². The normalized spacial score (nSPS) is 13.9. The van der Waals surface area contributed by atoms with E-state index in [4.69, 9.17) is 16.3 Å². The standard InChI is InChI=1S/C17H17ClN4O3/c1-21(15-14(18)19-7-8-20-15)16(23)13-9-22(10-13)17(24)25-11-12-5-3-2-4-6-12/h2-8,13H,9-11H2,1H3. The molecule has 0 radical (unpaired) electrons. The predicted molar refractivity (Wildman–Crippen MR) is 92.1 cm³/mol. The fraction of sp³-hybridized carbons (Fsp3) is 0.294. The van der Waals surface area contributed by atoms with Gasteiger partial charge in [-0.1, -0.05) is 41.9 Å². The van der Waals surface area contributed by atoms with Crippen molar-refractivity contribution >= 4 is 29.4 Å².